The monoisotopic (exact) mass is 424 g/mol. The third-order valence-corrected chi connectivity index (χ3v) is 5.71. The molecular formula is C23H28N4O4. The lowest BCUT2D eigenvalue weighted by molar-refractivity contribution is -0.130. The Balaban J connectivity index is 1.61. The van der Waals surface area contributed by atoms with Crippen molar-refractivity contribution in [2.75, 3.05) is 0 Å². The van der Waals surface area contributed by atoms with E-state index < -0.39 is 11.4 Å². The average Bonchev–Trinajstić information content (AvgIpc) is 3.36. The fourth-order valence-electron chi connectivity index (χ4n) is 3.67. The Bertz CT molecular complexity index is 1200. The zero-order valence-corrected chi connectivity index (χ0v) is 18.7. The lowest BCUT2D eigenvalue weighted by atomic mass is 9.87. The van der Waals surface area contributed by atoms with E-state index in [1.54, 1.807) is 13.0 Å². The standard InChI is InChI=1S/C23H28N4O4/c1-13(2)20(29)31-18-12-17(28)16(10-14(18)3)25-26-19-11-15(24-21(30)22(4,5)6)8-9-23(19,7)27(25)26/h8,10-12,28H,1,9H2,2-7H3,(H,24,30). The van der Waals surface area contributed by atoms with Gasteiger partial charge in [0.1, 0.15) is 22.7 Å². The van der Waals surface area contributed by atoms with Crippen molar-refractivity contribution in [2.24, 2.45) is 5.41 Å². The van der Waals surface area contributed by atoms with Crippen molar-refractivity contribution in [3.05, 3.63) is 47.7 Å². The van der Waals surface area contributed by atoms with Gasteiger partial charge < -0.3 is 15.2 Å². The number of ether oxygens (including phenoxy) is 1. The van der Waals surface area contributed by atoms with Crippen LogP contribution in [0.1, 0.15) is 46.6 Å². The third kappa shape index (κ3) is 3.22. The number of carbonyl (C=O) groups excluding carboxylic acids is 2. The predicted octanol–water partition coefficient (Wildman–Crippen LogP) is 3.60. The Morgan fingerprint density at radius 2 is 1.94 bits per heavy atom. The first-order valence-electron chi connectivity index (χ1n) is 10.2. The number of hydrogen-bond acceptors (Lipinski definition) is 4. The molecule has 1 amide bonds. The van der Waals surface area contributed by atoms with Crippen LogP contribution in [0.25, 0.3) is 11.4 Å². The van der Waals surface area contributed by atoms with Crippen molar-refractivity contribution < 1.29 is 19.4 Å². The van der Waals surface area contributed by atoms with Crippen molar-refractivity contribution in [3.8, 4) is 17.2 Å². The molecule has 164 valence electrons. The summed E-state index contributed by atoms with van der Waals surface area (Å²) in [4.78, 5) is 30.0. The van der Waals surface area contributed by atoms with Gasteiger partial charge in [0, 0.05) is 29.2 Å². The van der Waals surface area contributed by atoms with E-state index in [1.165, 1.54) is 6.07 Å². The van der Waals surface area contributed by atoms with Gasteiger partial charge in [0.25, 0.3) is 0 Å². The van der Waals surface area contributed by atoms with Crippen LogP contribution < -0.4 is 10.1 Å². The number of aryl methyl sites for hydroxylation is 1. The van der Waals surface area contributed by atoms with Gasteiger partial charge in [0.05, 0.1) is 5.70 Å². The van der Waals surface area contributed by atoms with Crippen molar-refractivity contribution in [1.29, 1.82) is 0 Å². The average molecular weight is 425 g/mol. The molecule has 1 unspecified atom stereocenters. The number of fused-ring (bicyclic) bond motifs is 4. The minimum Gasteiger partial charge on any atom is -0.505 e. The molecule has 0 saturated heterocycles. The van der Waals surface area contributed by atoms with Crippen LogP contribution >= 0.6 is 0 Å². The van der Waals surface area contributed by atoms with Crippen molar-refractivity contribution in [3.63, 3.8) is 0 Å². The highest BCUT2D eigenvalue weighted by Crippen LogP contribution is 2.51. The number of amides is 1. The molecule has 1 atom stereocenters. The summed E-state index contributed by atoms with van der Waals surface area (Å²) >= 11 is 0. The minimum absolute atomic E-state index is 0.000296. The molecule has 8 nitrogen and oxygen atoms in total. The van der Waals surface area contributed by atoms with Gasteiger partial charge in [0.2, 0.25) is 5.91 Å². The van der Waals surface area contributed by atoms with Gasteiger partial charge in [0.15, 0.2) is 0 Å². The first kappa shape index (κ1) is 20.8. The fourth-order valence-corrected chi connectivity index (χ4v) is 3.67. The normalized spacial score (nSPS) is 19.5. The number of nitrogens with zero attached hydrogens (tertiary/aromatic N) is 3. The van der Waals surface area contributed by atoms with Crippen molar-refractivity contribution >= 4 is 17.6 Å². The predicted molar refractivity (Wildman–Crippen MR) is 117 cm³/mol. The van der Waals surface area contributed by atoms with E-state index in [0.29, 0.717) is 11.4 Å². The number of nitrogens with one attached hydrogen (secondary N) is 1. The van der Waals surface area contributed by atoms with Crippen LogP contribution in [0.3, 0.4) is 0 Å². The van der Waals surface area contributed by atoms with E-state index in [2.05, 4.69) is 18.8 Å². The highest BCUT2D eigenvalue weighted by Gasteiger charge is 2.54. The summed E-state index contributed by atoms with van der Waals surface area (Å²) in [5.74, 6) is -0.273. The number of allylic oxidation sites excluding steroid dienone is 3. The van der Waals surface area contributed by atoms with Gasteiger partial charge in [-0.15, -0.1) is 0 Å². The molecule has 0 fully saturated rings. The molecule has 2 aliphatic rings. The fraction of sp³-hybridized carbons (Fsp3) is 0.391. The van der Waals surface area contributed by atoms with Crippen LogP contribution in [0.4, 0.5) is 0 Å². The van der Waals surface area contributed by atoms with E-state index >= 15 is 0 Å². The van der Waals surface area contributed by atoms with E-state index in [9.17, 15) is 14.7 Å². The second-order valence-corrected chi connectivity index (χ2v) is 9.52. The smallest absolute Gasteiger partial charge is 0.338 e. The highest BCUT2D eigenvalue weighted by atomic mass is 16.5. The summed E-state index contributed by atoms with van der Waals surface area (Å²) in [5.41, 5.74) is 2.68. The first-order valence-corrected chi connectivity index (χ1v) is 10.2. The molecule has 1 aliphatic carbocycles. The minimum atomic E-state index is -0.533. The van der Waals surface area contributed by atoms with Crippen molar-refractivity contribution in [1.82, 2.24) is 19.7 Å². The number of esters is 1. The molecule has 4 rings (SSSR count). The molecule has 2 N–H and O–H groups in total. The highest BCUT2D eigenvalue weighted by molar-refractivity contribution is 5.89. The maximum atomic E-state index is 12.3. The molecule has 1 aromatic carbocycles. The molecule has 31 heavy (non-hydrogen) atoms. The van der Waals surface area contributed by atoms with E-state index in [-0.39, 0.29) is 22.8 Å². The number of aromatic nitrogens is 3. The molecular weight excluding hydrogens is 396 g/mol. The third-order valence-electron chi connectivity index (χ3n) is 5.71. The van der Waals surface area contributed by atoms with Gasteiger partial charge in [-0.05, 0) is 38.5 Å². The van der Waals surface area contributed by atoms with Gasteiger partial charge in [-0.25, -0.2) is 4.79 Å². The quantitative estimate of drug-likeness (QED) is 0.446. The molecule has 0 spiro atoms. The summed E-state index contributed by atoms with van der Waals surface area (Å²) in [6, 6.07) is 3.22. The second-order valence-electron chi connectivity index (χ2n) is 9.52. The lowest BCUT2D eigenvalue weighted by Crippen LogP contribution is -2.42. The van der Waals surface area contributed by atoms with Crippen LogP contribution in [0, 0.1) is 12.3 Å². The molecule has 2 heterocycles. The number of hydrogen-bond donors (Lipinski definition) is 2. The molecule has 0 radical (unpaired) electrons. The Morgan fingerprint density at radius 1 is 1.26 bits per heavy atom. The van der Waals surface area contributed by atoms with Crippen molar-refractivity contribution in [2.45, 2.75) is 53.5 Å². The Morgan fingerprint density at radius 3 is 2.55 bits per heavy atom. The van der Waals surface area contributed by atoms with Gasteiger partial charge >= 0.3 is 5.97 Å². The summed E-state index contributed by atoms with van der Waals surface area (Å²) < 4.78 is 5.30. The number of carbonyl (C=O) groups is 2. The molecule has 0 bridgehead atoms. The van der Waals surface area contributed by atoms with Gasteiger partial charge in [-0.3, -0.25) is 4.79 Å². The van der Waals surface area contributed by atoms with Crippen LogP contribution in [0.15, 0.2) is 42.1 Å². The number of phenolic OH excluding ortho intramolecular Hbond substituents is 1. The lowest BCUT2D eigenvalue weighted by Gasteiger charge is -2.35. The second kappa shape index (κ2) is 6.54. The molecule has 2 aromatic rings. The van der Waals surface area contributed by atoms with Crippen LogP contribution in [-0.2, 0) is 15.1 Å². The first-order chi connectivity index (χ1) is 14.3. The van der Waals surface area contributed by atoms with Crippen LogP contribution in [0.5, 0.6) is 11.5 Å². The molecule has 1 aliphatic heterocycles. The van der Waals surface area contributed by atoms with Gasteiger partial charge in [-0.1, -0.05) is 33.4 Å². The number of phenols is 1. The topological polar surface area (TPSA) is 90.4 Å². The summed E-state index contributed by atoms with van der Waals surface area (Å²) in [6.45, 7) is 14.7. The SMILES string of the molecule is C=C(C)C(=O)Oc1cc(O)c(-n2n3n2C2(C)CC=C(NC(=O)C(C)(C)C)C=C32)cc1C. The Hall–Kier alpha value is -3.42. The number of aromatic hydroxyl groups is 1. The zero-order chi connectivity index (χ0) is 22.9. The van der Waals surface area contributed by atoms with E-state index in [0.717, 1.165) is 23.4 Å². The van der Waals surface area contributed by atoms with E-state index in [1.807, 2.05) is 54.2 Å². The molecule has 0 saturated carbocycles. The zero-order valence-electron chi connectivity index (χ0n) is 18.7. The van der Waals surface area contributed by atoms with Gasteiger partial charge in [-0.2, -0.15) is 14.4 Å². The Labute approximate surface area is 181 Å². The summed E-state index contributed by atoms with van der Waals surface area (Å²) in [7, 11) is 0. The number of benzene rings is 1. The molecule has 8 heteroatoms. The van der Waals surface area contributed by atoms with Crippen LogP contribution in [-0.4, -0.2) is 31.4 Å². The summed E-state index contributed by atoms with van der Waals surface area (Å²) in [5, 5.41) is 13.6. The Kier molecular flexibility index (Phi) is 4.39. The van der Waals surface area contributed by atoms with Crippen LogP contribution in [0.2, 0.25) is 0 Å². The van der Waals surface area contributed by atoms with E-state index in [4.69, 9.17) is 4.74 Å². The largest absolute Gasteiger partial charge is 0.505 e. The molecule has 1 aromatic heterocycles. The maximum absolute atomic E-state index is 12.3. The summed E-state index contributed by atoms with van der Waals surface area (Å²) in [6.07, 6.45) is 4.71. The maximum Gasteiger partial charge on any atom is 0.338 e. The number of rotatable bonds is 4.